The molecule has 0 aromatic heterocycles. The topological polar surface area (TPSA) is 154 Å². The standard InChI is InChI=1S/C13H14O9/c14-6-3-1-5(2-4-6)12(20)22-13-9(17)7(15)8(16)10(21-13)11(18)19/h1-4,7-10,13-17H,(H,18,19). The zero-order valence-electron chi connectivity index (χ0n) is 11.1. The summed E-state index contributed by atoms with van der Waals surface area (Å²) in [6.07, 6.45) is -9.15. The first kappa shape index (κ1) is 16.2. The van der Waals surface area contributed by atoms with Crippen molar-refractivity contribution in [2.75, 3.05) is 0 Å². The zero-order valence-corrected chi connectivity index (χ0v) is 11.1. The SMILES string of the molecule is O=C(OC1OC(C(=O)O)C(O)C(O)C1O)c1ccc(O)cc1. The summed E-state index contributed by atoms with van der Waals surface area (Å²) in [5, 5.41) is 46.8. The molecule has 9 nitrogen and oxygen atoms in total. The third kappa shape index (κ3) is 3.17. The van der Waals surface area contributed by atoms with Crippen molar-refractivity contribution in [1.29, 1.82) is 0 Å². The Balaban J connectivity index is 2.12. The third-order valence-corrected chi connectivity index (χ3v) is 3.14. The predicted octanol–water partition coefficient (Wildman–Crippen LogP) is -1.56. The van der Waals surface area contributed by atoms with E-state index in [4.69, 9.17) is 19.7 Å². The largest absolute Gasteiger partial charge is 0.508 e. The van der Waals surface area contributed by atoms with Gasteiger partial charge < -0.3 is 35.0 Å². The second kappa shape index (κ2) is 6.28. The van der Waals surface area contributed by atoms with Crippen LogP contribution in [0.4, 0.5) is 0 Å². The van der Waals surface area contributed by atoms with Crippen LogP contribution < -0.4 is 0 Å². The van der Waals surface area contributed by atoms with E-state index < -0.39 is 42.6 Å². The second-order valence-electron chi connectivity index (χ2n) is 4.69. The highest BCUT2D eigenvalue weighted by Gasteiger charge is 2.48. The van der Waals surface area contributed by atoms with E-state index in [1.807, 2.05) is 0 Å². The molecule has 1 aliphatic rings. The molecule has 1 aromatic carbocycles. The lowest BCUT2D eigenvalue weighted by molar-refractivity contribution is -0.278. The average Bonchev–Trinajstić information content (AvgIpc) is 2.48. The van der Waals surface area contributed by atoms with Gasteiger partial charge in [0.15, 0.2) is 6.10 Å². The maximum atomic E-state index is 11.8. The summed E-state index contributed by atoms with van der Waals surface area (Å²) < 4.78 is 9.61. The molecule has 0 bridgehead atoms. The summed E-state index contributed by atoms with van der Waals surface area (Å²) >= 11 is 0. The van der Waals surface area contributed by atoms with Gasteiger partial charge in [-0.3, -0.25) is 0 Å². The molecule has 1 fully saturated rings. The number of rotatable bonds is 3. The molecular formula is C13H14O9. The Hall–Kier alpha value is -2.20. The minimum absolute atomic E-state index is 0.0149. The number of ether oxygens (including phenoxy) is 2. The highest BCUT2D eigenvalue weighted by Crippen LogP contribution is 2.23. The first-order chi connectivity index (χ1) is 10.3. The van der Waals surface area contributed by atoms with Gasteiger partial charge in [-0.05, 0) is 24.3 Å². The summed E-state index contributed by atoms with van der Waals surface area (Å²) in [6.45, 7) is 0. The van der Waals surface area contributed by atoms with E-state index in [2.05, 4.69) is 0 Å². The molecule has 5 N–H and O–H groups in total. The minimum Gasteiger partial charge on any atom is -0.508 e. The Morgan fingerprint density at radius 1 is 1.00 bits per heavy atom. The van der Waals surface area contributed by atoms with E-state index >= 15 is 0 Å². The summed E-state index contributed by atoms with van der Waals surface area (Å²) in [5.41, 5.74) is 0.0149. The van der Waals surface area contributed by atoms with Crippen LogP contribution in [0.5, 0.6) is 5.75 Å². The maximum Gasteiger partial charge on any atom is 0.340 e. The van der Waals surface area contributed by atoms with Crippen molar-refractivity contribution in [2.45, 2.75) is 30.7 Å². The van der Waals surface area contributed by atoms with Crippen molar-refractivity contribution in [3.8, 4) is 5.75 Å². The molecule has 0 spiro atoms. The highest BCUT2D eigenvalue weighted by molar-refractivity contribution is 5.89. The van der Waals surface area contributed by atoms with E-state index in [1.54, 1.807) is 0 Å². The van der Waals surface area contributed by atoms with Crippen LogP contribution in [0.15, 0.2) is 24.3 Å². The lowest BCUT2D eigenvalue weighted by Gasteiger charge is -2.37. The molecule has 5 unspecified atom stereocenters. The molecule has 2 rings (SSSR count). The first-order valence-corrected chi connectivity index (χ1v) is 6.23. The van der Waals surface area contributed by atoms with Gasteiger partial charge in [-0.1, -0.05) is 0 Å². The first-order valence-electron chi connectivity index (χ1n) is 6.23. The molecule has 1 aromatic rings. The smallest absolute Gasteiger partial charge is 0.340 e. The number of aliphatic carboxylic acids is 1. The molecule has 120 valence electrons. The number of esters is 1. The number of carboxylic acid groups (broad SMARTS) is 1. The number of aliphatic hydroxyl groups excluding tert-OH is 3. The Kier molecular flexibility index (Phi) is 4.62. The molecule has 5 atom stereocenters. The van der Waals surface area contributed by atoms with E-state index in [9.17, 15) is 24.9 Å². The van der Waals surface area contributed by atoms with E-state index in [0.717, 1.165) is 0 Å². The van der Waals surface area contributed by atoms with Gasteiger partial charge in [0.2, 0.25) is 6.29 Å². The fourth-order valence-corrected chi connectivity index (χ4v) is 1.92. The van der Waals surface area contributed by atoms with Crippen LogP contribution in [-0.4, -0.2) is 68.2 Å². The number of carbonyl (C=O) groups excluding carboxylic acids is 1. The monoisotopic (exact) mass is 314 g/mol. The lowest BCUT2D eigenvalue weighted by Crippen LogP contribution is -2.60. The lowest BCUT2D eigenvalue weighted by atomic mass is 9.99. The normalized spacial score (nSPS) is 31.5. The number of benzene rings is 1. The number of aromatic hydroxyl groups is 1. The molecule has 1 heterocycles. The van der Waals surface area contributed by atoms with Gasteiger partial charge in [-0.2, -0.15) is 0 Å². The van der Waals surface area contributed by atoms with Crippen molar-refractivity contribution < 1.29 is 44.6 Å². The Labute approximate surface area is 124 Å². The molecule has 1 aliphatic heterocycles. The van der Waals surface area contributed by atoms with Gasteiger partial charge in [-0.15, -0.1) is 0 Å². The Bertz CT molecular complexity index is 555. The van der Waals surface area contributed by atoms with Crippen molar-refractivity contribution in [2.24, 2.45) is 0 Å². The molecular weight excluding hydrogens is 300 g/mol. The van der Waals surface area contributed by atoms with Crippen LogP contribution in [0, 0.1) is 0 Å². The number of hydrogen-bond donors (Lipinski definition) is 5. The molecule has 0 amide bonds. The molecule has 0 saturated carbocycles. The van der Waals surface area contributed by atoms with E-state index in [0.29, 0.717) is 0 Å². The molecule has 22 heavy (non-hydrogen) atoms. The van der Waals surface area contributed by atoms with Crippen LogP contribution >= 0.6 is 0 Å². The fraction of sp³-hybridized carbons (Fsp3) is 0.385. The summed E-state index contributed by atoms with van der Waals surface area (Å²) in [5.74, 6) is -2.61. The quantitative estimate of drug-likeness (QED) is 0.417. The van der Waals surface area contributed by atoms with Crippen LogP contribution in [-0.2, 0) is 14.3 Å². The van der Waals surface area contributed by atoms with Crippen molar-refractivity contribution >= 4 is 11.9 Å². The highest BCUT2D eigenvalue weighted by atomic mass is 16.7. The Morgan fingerprint density at radius 2 is 1.59 bits per heavy atom. The van der Waals surface area contributed by atoms with Gasteiger partial charge in [-0.25, -0.2) is 9.59 Å². The number of aliphatic hydroxyl groups is 3. The fourth-order valence-electron chi connectivity index (χ4n) is 1.92. The average molecular weight is 314 g/mol. The van der Waals surface area contributed by atoms with E-state index in [1.165, 1.54) is 24.3 Å². The van der Waals surface area contributed by atoms with Crippen LogP contribution in [0.1, 0.15) is 10.4 Å². The number of carboxylic acids is 1. The predicted molar refractivity (Wildman–Crippen MR) is 67.8 cm³/mol. The Morgan fingerprint density at radius 3 is 2.14 bits per heavy atom. The van der Waals surface area contributed by atoms with Gasteiger partial charge in [0.05, 0.1) is 5.56 Å². The third-order valence-electron chi connectivity index (χ3n) is 3.14. The maximum absolute atomic E-state index is 11.8. The molecule has 0 radical (unpaired) electrons. The van der Waals surface area contributed by atoms with E-state index in [-0.39, 0.29) is 11.3 Å². The molecule has 9 heteroatoms. The van der Waals surface area contributed by atoms with Gasteiger partial charge in [0, 0.05) is 0 Å². The van der Waals surface area contributed by atoms with Gasteiger partial charge in [0.1, 0.15) is 24.1 Å². The summed E-state index contributed by atoms with van der Waals surface area (Å²) in [6, 6.07) is 4.94. The summed E-state index contributed by atoms with van der Waals surface area (Å²) in [4.78, 5) is 22.8. The van der Waals surface area contributed by atoms with Crippen molar-refractivity contribution in [1.82, 2.24) is 0 Å². The number of carbonyl (C=O) groups is 2. The van der Waals surface area contributed by atoms with Crippen LogP contribution in [0.3, 0.4) is 0 Å². The molecule has 1 saturated heterocycles. The number of phenols is 1. The van der Waals surface area contributed by atoms with Crippen LogP contribution in [0.2, 0.25) is 0 Å². The van der Waals surface area contributed by atoms with Crippen molar-refractivity contribution in [3.63, 3.8) is 0 Å². The minimum atomic E-state index is -1.86. The number of phenolic OH excluding ortho intramolecular Hbond substituents is 1. The molecule has 0 aliphatic carbocycles. The summed E-state index contributed by atoms with van der Waals surface area (Å²) in [7, 11) is 0. The van der Waals surface area contributed by atoms with Gasteiger partial charge in [0.25, 0.3) is 0 Å². The van der Waals surface area contributed by atoms with Crippen molar-refractivity contribution in [3.05, 3.63) is 29.8 Å². The zero-order chi connectivity index (χ0) is 16.4. The number of hydrogen-bond acceptors (Lipinski definition) is 8. The second-order valence-corrected chi connectivity index (χ2v) is 4.69. The van der Waals surface area contributed by atoms with Gasteiger partial charge >= 0.3 is 11.9 Å². The van der Waals surface area contributed by atoms with Crippen LogP contribution in [0.25, 0.3) is 0 Å².